The molecule has 112 valence electrons. The summed E-state index contributed by atoms with van der Waals surface area (Å²) in [4.78, 5) is 7.06. The Morgan fingerprint density at radius 2 is 2.35 bits per heavy atom. The number of ether oxygens (including phenoxy) is 1. The summed E-state index contributed by atoms with van der Waals surface area (Å²) in [5.74, 6) is 1.08. The summed E-state index contributed by atoms with van der Waals surface area (Å²) in [5.41, 5.74) is 1.19. The molecule has 0 radical (unpaired) electrons. The molecular formula is C15H24BrN3O. The molecule has 4 nitrogen and oxygen atoms in total. The van der Waals surface area contributed by atoms with Crippen molar-refractivity contribution in [1.29, 1.82) is 0 Å². The van der Waals surface area contributed by atoms with Crippen molar-refractivity contribution in [1.82, 2.24) is 10.3 Å². The molecular weight excluding hydrogens is 318 g/mol. The third kappa shape index (κ3) is 4.17. The molecule has 0 bridgehead atoms. The van der Waals surface area contributed by atoms with E-state index in [1.54, 1.807) is 7.11 Å². The summed E-state index contributed by atoms with van der Waals surface area (Å²) >= 11 is 3.66. The minimum absolute atomic E-state index is 0.520. The van der Waals surface area contributed by atoms with E-state index in [-0.39, 0.29) is 0 Å². The van der Waals surface area contributed by atoms with Gasteiger partial charge in [-0.15, -0.1) is 0 Å². The molecule has 1 saturated heterocycles. The molecule has 2 heterocycles. The van der Waals surface area contributed by atoms with E-state index < -0.39 is 0 Å². The van der Waals surface area contributed by atoms with Gasteiger partial charge in [-0.2, -0.15) is 0 Å². The smallest absolute Gasteiger partial charge is 0.143 e. The minimum atomic E-state index is 0.520. The Morgan fingerprint density at radius 3 is 3.10 bits per heavy atom. The van der Waals surface area contributed by atoms with Crippen molar-refractivity contribution in [2.45, 2.75) is 32.2 Å². The zero-order chi connectivity index (χ0) is 14.4. The van der Waals surface area contributed by atoms with Gasteiger partial charge in [0.1, 0.15) is 5.82 Å². The average molecular weight is 342 g/mol. The van der Waals surface area contributed by atoms with Crippen LogP contribution in [0.15, 0.2) is 16.7 Å². The van der Waals surface area contributed by atoms with Gasteiger partial charge in [0.25, 0.3) is 0 Å². The van der Waals surface area contributed by atoms with E-state index in [2.05, 4.69) is 44.1 Å². The van der Waals surface area contributed by atoms with Crippen LogP contribution in [0, 0.1) is 6.92 Å². The molecule has 1 N–H and O–H groups in total. The molecule has 0 spiro atoms. The molecule has 20 heavy (non-hydrogen) atoms. The molecule has 1 aliphatic rings. The Balaban J connectivity index is 2.02. The van der Waals surface area contributed by atoms with Crippen LogP contribution < -0.4 is 10.2 Å². The minimum Gasteiger partial charge on any atom is -0.383 e. The highest BCUT2D eigenvalue weighted by Crippen LogP contribution is 2.29. The number of aromatic nitrogens is 1. The predicted octanol–water partition coefficient (Wildman–Crippen LogP) is 2.75. The number of halogens is 1. The summed E-state index contributed by atoms with van der Waals surface area (Å²) in [5, 5.41) is 3.48. The Morgan fingerprint density at radius 1 is 1.50 bits per heavy atom. The van der Waals surface area contributed by atoms with E-state index in [0.29, 0.717) is 6.04 Å². The van der Waals surface area contributed by atoms with Gasteiger partial charge in [0.2, 0.25) is 0 Å². The number of hydrogen-bond donors (Lipinski definition) is 1. The molecule has 1 aromatic heterocycles. The predicted molar refractivity (Wildman–Crippen MR) is 86.4 cm³/mol. The van der Waals surface area contributed by atoms with Crippen LogP contribution in [0.1, 0.15) is 24.8 Å². The lowest BCUT2D eigenvalue weighted by molar-refractivity contribution is 0.198. The number of nitrogens with zero attached hydrogens (tertiary/aromatic N) is 2. The van der Waals surface area contributed by atoms with Crippen molar-refractivity contribution in [2.75, 3.05) is 38.3 Å². The first-order valence-electron chi connectivity index (χ1n) is 7.31. The number of rotatable bonds is 6. The van der Waals surface area contributed by atoms with E-state index >= 15 is 0 Å². The van der Waals surface area contributed by atoms with Crippen LogP contribution in [0.25, 0.3) is 0 Å². The molecule has 0 saturated carbocycles. The number of aryl methyl sites for hydroxylation is 1. The summed E-state index contributed by atoms with van der Waals surface area (Å²) in [6.07, 6.45) is 5.72. The fourth-order valence-corrected chi connectivity index (χ4v) is 3.36. The van der Waals surface area contributed by atoms with Crippen molar-refractivity contribution in [3.8, 4) is 0 Å². The van der Waals surface area contributed by atoms with Crippen LogP contribution in [0.3, 0.4) is 0 Å². The van der Waals surface area contributed by atoms with Gasteiger partial charge in [0.15, 0.2) is 0 Å². The monoisotopic (exact) mass is 341 g/mol. The quantitative estimate of drug-likeness (QED) is 0.807. The largest absolute Gasteiger partial charge is 0.383 e. The zero-order valence-corrected chi connectivity index (χ0v) is 13.9. The third-order valence-corrected chi connectivity index (χ3v) is 4.30. The highest BCUT2D eigenvalue weighted by molar-refractivity contribution is 9.10. The number of nitrogens with one attached hydrogen (secondary N) is 1. The van der Waals surface area contributed by atoms with E-state index in [1.807, 2.05) is 6.20 Å². The second kappa shape index (κ2) is 7.96. The Kier molecular flexibility index (Phi) is 6.26. The zero-order valence-electron chi connectivity index (χ0n) is 12.4. The number of pyridine rings is 1. The van der Waals surface area contributed by atoms with Crippen LogP contribution in [-0.2, 0) is 4.74 Å². The summed E-state index contributed by atoms with van der Waals surface area (Å²) in [6, 6.07) is 2.67. The van der Waals surface area contributed by atoms with E-state index in [1.165, 1.54) is 24.8 Å². The van der Waals surface area contributed by atoms with Crippen LogP contribution in [-0.4, -0.2) is 44.4 Å². The second-order valence-electron chi connectivity index (χ2n) is 5.36. The maximum absolute atomic E-state index is 5.08. The first kappa shape index (κ1) is 15.7. The van der Waals surface area contributed by atoms with Gasteiger partial charge in [0.05, 0.1) is 11.1 Å². The number of anilines is 1. The molecule has 1 aromatic rings. The lowest BCUT2D eigenvalue weighted by Crippen LogP contribution is -2.46. The number of methoxy groups -OCH3 is 1. The maximum Gasteiger partial charge on any atom is 0.143 e. The van der Waals surface area contributed by atoms with Gasteiger partial charge in [0, 0.05) is 39.0 Å². The summed E-state index contributed by atoms with van der Waals surface area (Å²) < 4.78 is 6.18. The first-order valence-corrected chi connectivity index (χ1v) is 8.10. The number of hydrogen-bond acceptors (Lipinski definition) is 4. The molecule has 0 amide bonds. The highest BCUT2D eigenvalue weighted by Gasteiger charge is 2.24. The Hall–Kier alpha value is -0.650. The Labute approximate surface area is 130 Å². The van der Waals surface area contributed by atoms with Gasteiger partial charge in [-0.05, 0) is 53.7 Å². The van der Waals surface area contributed by atoms with Crippen LogP contribution in [0.4, 0.5) is 5.82 Å². The van der Waals surface area contributed by atoms with Crippen LogP contribution in [0.2, 0.25) is 0 Å². The first-order chi connectivity index (χ1) is 9.72. The van der Waals surface area contributed by atoms with Crippen LogP contribution >= 0.6 is 15.9 Å². The third-order valence-electron chi connectivity index (χ3n) is 3.72. The van der Waals surface area contributed by atoms with Crippen molar-refractivity contribution in [3.63, 3.8) is 0 Å². The standard InChI is InChI=1S/C15H24BrN3O/c1-12-9-14(16)15(18-10-12)19-7-4-3-5-13(19)11-17-6-8-20-2/h9-10,13,17H,3-8,11H2,1-2H3. The van der Waals surface area contributed by atoms with Gasteiger partial charge >= 0.3 is 0 Å². The molecule has 1 aliphatic heterocycles. The van der Waals surface area contributed by atoms with Gasteiger partial charge < -0.3 is 15.0 Å². The van der Waals surface area contributed by atoms with Crippen molar-refractivity contribution >= 4 is 21.7 Å². The molecule has 5 heteroatoms. The average Bonchev–Trinajstić information content (AvgIpc) is 2.44. The van der Waals surface area contributed by atoms with E-state index in [9.17, 15) is 0 Å². The van der Waals surface area contributed by atoms with E-state index in [0.717, 1.165) is 36.5 Å². The lowest BCUT2D eigenvalue weighted by atomic mass is 10.0. The normalized spacial score (nSPS) is 19.4. The molecule has 0 aliphatic carbocycles. The summed E-state index contributed by atoms with van der Waals surface area (Å²) in [7, 11) is 1.74. The van der Waals surface area contributed by atoms with Crippen molar-refractivity contribution < 1.29 is 4.74 Å². The van der Waals surface area contributed by atoms with Crippen molar-refractivity contribution in [3.05, 3.63) is 22.3 Å². The van der Waals surface area contributed by atoms with Gasteiger partial charge in [-0.1, -0.05) is 0 Å². The highest BCUT2D eigenvalue weighted by atomic mass is 79.9. The number of piperidine rings is 1. The van der Waals surface area contributed by atoms with Gasteiger partial charge in [-0.3, -0.25) is 0 Å². The fourth-order valence-electron chi connectivity index (χ4n) is 2.67. The van der Waals surface area contributed by atoms with Crippen LogP contribution in [0.5, 0.6) is 0 Å². The molecule has 1 fully saturated rings. The summed E-state index contributed by atoms with van der Waals surface area (Å²) in [6.45, 7) is 5.82. The lowest BCUT2D eigenvalue weighted by Gasteiger charge is -2.37. The maximum atomic E-state index is 5.08. The molecule has 1 atom stereocenters. The van der Waals surface area contributed by atoms with E-state index in [4.69, 9.17) is 4.74 Å². The van der Waals surface area contributed by atoms with Gasteiger partial charge in [-0.25, -0.2) is 4.98 Å². The Bertz CT molecular complexity index is 428. The fraction of sp³-hybridized carbons (Fsp3) is 0.667. The molecule has 1 unspecified atom stereocenters. The SMILES string of the molecule is COCCNCC1CCCCN1c1ncc(C)cc1Br. The second-order valence-corrected chi connectivity index (χ2v) is 6.21. The van der Waals surface area contributed by atoms with Crippen molar-refractivity contribution in [2.24, 2.45) is 0 Å². The molecule has 2 rings (SSSR count). The topological polar surface area (TPSA) is 37.4 Å². The molecule has 0 aromatic carbocycles.